The summed E-state index contributed by atoms with van der Waals surface area (Å²) in [6.45, 7) is 0. The van der Waals surface area contributed by atoms with Gasteiger partial charge in [-0.05, 0) is 12.1 Å². The summed E-state index contributed by atoms with van der Waals surface area (Å²) in [5.74, 6) is -0.681. The fourth-order valence-corrected chi connectivity index (χ4v) is 1.22. The molecule has 1 rings (SSSR count). The summed E-state index contributed by atoms with van der Waals surface area (Å²) in [6, 6.07) is 8.69. The van der Waals surface area contributed by atoms with E-state index in [-0.39, 0.29) is 17.5 Å². The zero-order valence-corrected chi connectivity index (χ0v) is 9.78. The molecule has 0 spiro atoms. The third kappa shape index (κ3) is 3.64. The Labute approximate surface area is 99.9 Å². The lowest BCUT2D eigenvalue weighted by Crippen LogP contribution is -2.34. The van der Waals surface area contributed by atoms with Crippen molar-refractivity contribution >= 4 is 11.8 Å². The van der Waals surface area contributed by atoms with E-state index in [1.807, 2.05) is 6.07 Å². The van der Waals surface area contributed by atoms with Crippen LogP contribution in [-0.4, -0.2) is 25.9 Å². The first-order chi connectivity index (χ1) is 8.19. The van der Waals surface area contributed by atoms with Crippen molar-refractivity contribution in [3.63, 3.8) is 0 Å². The van der Waals surface area contributed by atoms with Gasteiger partial charge in [-0.3, -0.25) is 9.59 Å². The Morgan fingerprint density at radius 3 is 2.29 bits per heavy atom. The van der Waals surface area contributed by atoms with Gasteiger partial charge < -0.3 is 16.0 Å². The molecule has 3 N–H and O–H groups in total. The van der Waals surface area contributed by atoms with E-state index < -0.39 is 0 Å². The van der Waals surface area contributed by atoms with Crippen molar-refractivity contribution in [2.45, 2.75) is 0 Å². The molecule has 0 saturated carbocycles. The molecule has 0 aliphatic carbocycles. The molecule has 5 nitrogen and oxygen atoms in total. The van der Waals surface area contributed by atoms with Crippen LogP contribution in [0.15, 0.2) is 42.2 Å². The smallest absolute Gasteiger partial charge is 0.269 e. The predicted octanol–water partition coefficient (Wildman–Crippen LogP) is 0.223. The summed E-state index contributed by atoms with van der Waals surface area (Å²) < 4.78 is 0. The summed E-state index contributed by atoms with van der Waals surface area (Å²) in [7, 11) is 3.15. The summed E-state index contributed by atoms with van der Waals surface area (Å²) in [4.78, 5) is 23.2. The van der Waals surface area contributed by atoms with Crippen molar-refractivity contribution in [1.82, 2.24) is 16.0 Å². The molecule has 0 atom stereocenters. The fourth-order valence-electron chi connectivity index (χ4n) is 1.22. The van der Waals surface area contributed by atoms with E-state index in [2.05, 4.69) is 16.0 Å². The van der Waals surface area contributed by atoms with E-state index >= 15 is 0 Å². The van der Waals surface area contributed by atoms with E-state index in [0.29, 0.717) is 5.56 Å². The van der Waals surface area contributed by atoms with Crippen molar-refractivity contribution < 1.29 is 9.59 Å². The van der Waals surface area contributed by atoms with Gasteiger partial charge in [0.05, 0.1) is 0 Å². The van der Waals surface area contributed by atoms with Crippen LogP contribution in [0.2, 0.25) is 0 Å². The maximum absolute atomic E-state index is 11.8. The average Bonchev–Trinajstić information content (AvgIpc) is 2.38. The van der Waals surface area contributed by atoms with Crippen LogP contribution in [0, 0.1) is 0 Å². The SMILES string of the molecule is CN/C=C(/NC(=O)c1ccccc1)C(=O)NC. The van der Waals surface area contributed by atoms with Gasteiger partial charge in [0.15, 0.2) is 0 Å². The normalized spacial score (nSPS) is 10.6. The van der Waals surface area contributed by atoms with Gasteiger partial charge in [0.2, 0.25) is 0 Å². The minimum absolute atomic E-state index is 0.170. The van der Waals surface area contributed by atoms with Crippen LogP contribution in [0.5, 0.6) is 0 Å². The van der Waals surface area contributed by atoms with Gasteiger partial charge >= 0.3 is 0 Å². The second-order valence-corrected chi connectivity index (χ2v) is 3.25. The van der Waals surface area contributed by atoms with Crippen LogP contribution < -0.4 is 16.0 Å². The largest absolute Gasteiger partial charge is 0.392 e. The molecular weight excluding hydrogens is 218 g/mol. The van der Waals surface area contributed by atoms with E-state index in [4.69, 9.17) is 0 Å². The van der Waals surface area contributed by atoms with Gasteiger partial charge in [-0.2, -0.15) is 0 Å². The lowest BCUT2D eigenvalue weighted by Gasteiger charge is -2.08. The topological polar surface area (TPSA) is 70.2 Å². The highest BCUT2D eigenvalue weighted by Gasteiger charge is 2.12. The summed E-state index contributed by atoms with van der Waals surface area (Å²) in [6.07, 6.45) is 1.43. The lowest BCUT2D eigenvalue weighted by molar-refractivity contribution is -0.117. The molecule has 0 unspecified atom stereocenters. The molecule has 1 aromatic rings. The number of likely N-dealkylation sites (N-methyl/N-ethyl adjacent to an activating group) is 1. The molecular formula is C12H15N3O2. The molecule has 0 fully saturated rings. The van der Waals surface area contributed by atoms with Crippen molar-refractivity contribution in [2.75, 3.05) is 14.1 Å². The highest BCUT2D eigenvalue weighted by molar-refractivity contribution is 6.02. The van der Waals surface area contributed by atoms with E-state index in [1.165, 1.54) is 13.2 Å². The third-order valence-corrected chi connectivity index (χ3v) is 2.04. The zero-order valence-electron chi connectivity index (χ0n) is 9.78. The van der Waals surface area contributed by atoms with E-state index in [0.717, 1.165) is 0 Å². The van der Waals surface area contributed by atoms with Crippen LogP contribution in [0.25, 0.3) is 0 Å². The summed E-state index contributed by atoms with van der Waals surface area (Å²) in [5, 5.41) is 7.68. The fraction of sp³-hybridized carbons (Fsp3) is 0.167. The molecule has 0 saturated heterocycles. The molecule has 0 radical (unpaired) electrons. The monoisotopic (exact) mass is 233 g/mol. The van der Waals surface area contributed by atoms with E-state index in [9.17, 15) is 9.59 Å². The second kappa shape index (κ2) is 6.32. The molecule has 0 aliphatic heterocycles. The van der Waals surface area contributed by atoms with Crippen molar-refractivity contribution in [3.05, 3.63) is 47.8 Å². The Morgan fingerprint density at radius 2 is 1.76 bits per heavy atom. The number of hydrogen-bond donors (Lipinski definition) is 3. The van der Waals surface area contributed by atoms with E-state index in [1.54, 1.807) is 31.3 Å². The number of benzene rings is 1. The summed E-state index contributed by atoms with van der Waals surface area (Å²) >= 11 is 0. The van der Waals surface area contributed by atoms with Crippen LogP contribution in [0.3, 0.4) is 0 Å². The van der Waals surface area contributed by atoms with Crippen LogP contribution in [0.4, 0.5) is 0 Å². The maximum Gasteiger partial charge on any atom is 0.269 e. The zero-order chi connectivity index (χ0) is 12.7. The molecule has 0 bridgehead atoms. The Hall–Kier alpha value is -2.30. The minimum Gasteiger partial charge on any atom is -0.392 e. The summed E-state index contributed by atoms with van der Waals surface area (Å²) in [5.41, 5.74) is 0.669. The highest BCUT2D eigenvalue weighted by Crippen LogP contribution is 1.99. The van der Waals surface area contributed by atoms with Gasteiger partial charge in [0, 0.05) is 25.9 Å². The van der Waals surface area contributed by atoms with Crippen LogP contribution in [0.1, 0.15) is 10.4 Å². The van der Waals surface area contributed by atoms with Gasteiger partial charge in [-0.15, -0.1) is 0 Å². The molecule has 5 heteroatoms. The average molecular weight is 233 g/mol. The first-order valence-electron chi connectivity index (χ1n) is 5.15. The van der Waals surface area contributed by atoms with Crippen molar-refractivity contribution in [2.24, 2.45) is 0 Å². The molecule has 1 aromatic carbocycles. The number of carbonyl (C=O) groups excluding carboxylic acids is 2. The molecule has 17 heavy (non-hydrogen) atoms. The predicted molar refractivity (Wildman–Crippen MR) is 65.1 cm³/mol. The van der Waals surface area contributed by atoms with Gasteiger partial charge in [0.1, 0.15) is 5.70 Å². The molecule has 90 valence electrons. The molecule has 0 heterocycles. The first kappa shape index (κ1) is 12.8. The molecule has 0 aromatic heterocycles. The maximum atomic E-state index is 11.8. The minimum atomic E-state index is -0.358. The van der Waals surface area contributed by atoms with Crippen LogP contribution in [-0.2, 0) is 4.79 Å². The first-order valence-corrected chi connectivity index (χ1v) is 5.15. The van der Waals surface area contributed by atoms with Crippen molar-refractivity contribution in [3.8, 4) is 0 Å². The molecule has 2 amide bonds. The number of carbonyl (C=O) groups is 2. The second-order valence-electron chi connectivity index (χ2n) is 3.25. The highest BCUT2D eigenvalue weighted by atomic mass is 16.2. The standard InChI is InChI=1S/C12H15N3O2/c1-13-8-10(12(17)14-2)15-11(16)9-6-4-3-5-7-9/h3-8,13H,1-2H3,(H,14,17)(H,15,16)/b10-8+. The van der Waals surface area contributed by atoms with Gasteiger partial charge in [0.25, 0.3) is 11.8 Å². The number of amides is 2. The Balaban J connectivity index is 2.79. The third-order valence-electron chi connectivity index (χ3n) is 2.04. The molecule has 0 aliphatic rings. The van der Waals surface area contributed by atoms with Gasteiger partial charge in [-0.25, -0.2) is 0 Å². The van der Waals surface area contributed by atoms with Gasteiger partial charge in [-0.1, -0.05) is 18.2 Å². The number of hydrogen-bond acceptors (Lipinski definition) is 3. The lowest BCUT2D eigenvalue weighted by atomic mass is 10.2. The Kier molecular flexibility index (Phi) is 4.75. The quantitative estimate of drug-likeness (QED) is 0.652. The number of nitrogens with one attached hydrogen (secondary N) is 3. The Morgan fingerprint density at radius 1 is 1.12 bits per heavy atom. The Bertz CT molecular complexity index is 427. The van der Waals surface area contributed by atoms with Crippen molar-refractivity contribution in [1.29, 1.82) is 0 Å². The van der Waals surface area contributed by atoms with Crippen LogP contribution >= 0.6 is 0 Å². The number of rotatable bonds is 4.